The molecule has 1 rings (SSSR count). The van der Waals surface area contributed by atoms with E-state index in [2.05, 4.69) is 4.74 Å². The van der Waals surface area contributed by atoms with Crippen molar-refractivity contribution < 1.29 is 23.8 Å². The number of rotatable bonds is 2. The normalized spacial score (nSPS) is 9.57. The number of hydrogen-bond donors (Lipinski definition) is 0. The Balaban J connectivity index is 3.27. The fraction of sp³-hybridized carbons (Fsp3) is 0.111. The molecular formula is C9H6FO4-. The van der Waals surface area contributed by atoms with E-state index in [1.165, 1.54) is 6.07 Å². The molecule has 1 aromatic rings. The molecule has 0 aliphatic carbocycles. The number of benzene rings is 1. The van der Waals surface area contributed by atoms with E-state index in [4.69, 9.17) is 0 Å². The third-order valence-electron chi connectivity index (χ3n) is 1.62. The minimum atomic E-state index is -1.67. The predicted molar refractivity (Wildman–Crippen MR) is 42.1 cm³/mol. The molecule has 0 N–H and O–H groups in total. The maximum Gasteiger partial charge on any atom is 0.340 e. The van der Waals surface area contributed by atoms with E-state index in [1.807, 2.05) is 0 Å². The smallest absolute Gasteiger partial charge is 0.340 e. The van der Waals surface area contributed by atoms with Gasteiger partial charge < -0.3 is 14.6 Å². The van der Waals surface area contributed by atoms with Crippen LogP contribution < -0.4 is 5.11 Å². The van der Waals surface area contributed by atoms with Gasteiger partial charge in [-0.1, -0.05) is 12.1 Å². The Morgan fingerprint density at radius 1 is 1.36 bits per heavy atom. The summed E-state index contributed by atoms with van der Waals surface area (Å²) in [4.78, 5) is 21.3. The lowest BCUT2D eigenvalue weighted by molar-refractivity contribution is -0.255. The number of halogens is 1. The Labute approximate surface area is 78.9 Å². The van der Waals surface area contributed by atoms with Gasteiger partial charge in [-0.25, -0.2) is 9.18 Å². The highest BCUT2D eigenvalue weighted by Crippen LogP contribution is 2.13. The third-order valence-corrected chi connectivity index (χ3v) is 1.62. The molecule has 0 aliphatic rings. The molecule has 0 saturated carbocycles. The van der Waals surface area contributed by atoms with Crippen molar-refractivity contribution in [1.29, 1.82) is 0 Å². The van der Waals surface area contributed by atoms with E-state index in [9.17, 15) is 19.1 Å². The Kier molecular flexibility index (Phi) is 2.81. The second kappa shape index (κ2) is 3.87. The summed E-state index contributed by atoms with van der Waals surface area (Å²) in [6.45, 7) is 0. The van der Waals surface area contributed by atoms with E-state index < -0.39 is 28.9 Å². The number of hydrogen-bond acceptors (Lipinski definition) is 4. The van der Waals surface area contributed by atoms with E-state index in [0.29, 0.717) is 0 Å². The SMILES string of the molecule is COC(=O)c1cccc(C(=O)[O-])c1F. The maximum absolute atomic E-state index is 13.2. The molecular weight excluding hydrogens is 191 g/mol. The average Bonchev–Trinajstić information content (AvgIpc) is 2.16. The highest BCUT2D eigenvalue weighted by molar-refractivity contribution is 5.94. The van der Waals surface area contributed by atoms with Gasteiger partial charge in [-0.2, -0.15) is 0 Å². The lowest BCUT2D eigenvalue weighted by Crippen LogP contribution is -2.24. The van der Waals surface area contributed by atoms with Crippen LogP contribution in [0.15, 0.2) is 18.2 Å². The molecule has 0 spiro atoms. The predicted octanol–water partition coefficient (Wildman–Crippen LogP) is -0.0242. The number of carboxylic acid groups (broad SMARTS) is 1. The first kappa shape index (κ1) is 10.2. The summed E-state index contributed by atoms with van der Waals surface area (Å²) in [5.74, 6) is -3.74. The molecule has 4 nitrogen and oxygen atoms in total. The van der Waals surface area contributed by atoms with Crippen molar-refractivity contribution >= 4 is 11.9 Å². The first-order chi connectivity index (χ1) is 6.57. The number of carbonyl (C=O) groups excluding carboxylic acids is 2. The first-order valence-corrected chi connectivity index (χ1v) is 3.66. The zero-order valence-electron chi connectivity index (χ0n) is 7.24. The molecule has 0 aromatic heterocycles. The van der Waals surface area contributed by atoms with Crippen molar-refractivity contribution in [2.24, 2.45) is 0 Å². The minimum Gasteiger partial charge on any atom is -0.545 e. The van der Waals surface area contributed by atoms with E-state index in [-0.39, 0.29) is 0 Å². The first-order valence-electron chi connectivity index (χ1n) is 3.66. The number of carbonyl (C=O) groups is 2. The second-order valence-electron chi connectivity index (χ2n) is 2.45. The summed E-state index contributed by atoms with van der Waals surface area (Å²) < 4.78 is 17.5. The number of carboxylic acids is 1. The van der Waals surface area contributed by atoms with Gasteiger partial charge in [-0.3, -0.25) is 0 Å². The van der Waals surface area contributed by atoms with Crippen LogP contribution in [0.2, 0.25) is 0 Å². The molecule has 0 heterocycles. The van der Waals surface area contributed by atoms with Gasteiger partial charge in [0.05, 0.1) is 18.6 Å². The van der Waals surface area contributed by atoms with Crippen LogP contribution in [0.3, 0.4) is 0 Å². The van der Waals surface area contributed by atoms with E-state index >= 15 is 0 Å². The highest BCUT2D eigenvalue weighted by Gasteiger charge is 2.15. The van der Waals surface area contributed by atoms with E-state index in [0.717, 1.165) is 19.2 Å². The van der Waals surface area contributed by atoms with Crippen molar-refractivity contribution in [3.63, 3.8) is 0 Å². The van der Waals surface area contributed by atoms with Crippen LogP contribution in [0.25, 0.3) is 0 Å². The summed E-state index contributed by atoms with van der Waals surface area (Å²) in [5, 5.41) is 10.4. The molecule has 0 fully saturated rings. The molecule has 14 heavy (non-hydrogen) atoms. The summed E-state index contributed by atoms with van der Waals surface area (Å²) in [6, 6.07) is 3.38. The van der Waals surface area contributed by atoms with Crippen LogP contribution in [-0.2, 0) is 4.74 Å². The van der Waals surface area contributed by atoms with Gasteiger partial charge >= 0.3 is 5.97 Å². The van der Waals surface area contributed by atoms with Gasteiger partial charge in [0.15, 0.2) is 0 Å². The summed E-state index contributed by atoms with van der Waals surface area (Å²) >= 11 is 0. The Morgan fingerprint density at radius 3 is 2.43 bits per heavy atom. The van der Waals surface area contributed by atoms with Gasteiger partial charge in [0.1, 0.15) is 5.82 Å². The molecule has 0 bridgehead atoms. The number of methoxy groups -OCH3 is 1. The summed E-state index contributed by atoms with van der Waals surface area (Å²) in [7, 11) is 1.08. The molecule has 0 atom stereocenters. The maximum atomic E-state index is 13.2. The molecule has 5 heteroatoms. The van der Waals surface area contributed by atoms with Gasteiger partial charge in [-0.15, -0.1) is 0 Å². The quantitative estimate of drug-likeness (QED) is 0.624. The molecule has 0 aliphatic heterocycles. The number of ether oxygens (including phenoxy) is 1. The zero-order chi connectivity index (χ0) is 10.7. The molecule has 0 unspecified atom stereocenters. The second-order valence-corrected chi connectivity index (χ2v) is 2.45. The van der Waals surface area contributed by atoms with Crippen molar-refractivity contribution in [2.75, 3.05) is 7.11 Å². The average molecular weight is 197 g/mol. The van der Waals surface area contributed by atoms with E-state index in [1.54, 1.807) is 0 Å². The Hall–Kier alpha value is -1.91. The number of aromatic carboxylic acids is 1. The zero-order valence-corrected chi connectivity index (χ0v) is 7.24. The Bertz CT molecular complexity index is 386. The molecule has 0 radical (unpaired) electrons. The van der Waals surface area contributed by atoms with Crippen LogP contribution in [0.5, 0.6) is 0 Å². The topological polar surface area (TPSA) is 66.4 Å². The minimum absolute atomic E-state index is 0.422. The molecule has 0 amide bonds. The Morgan fingerprint density at radius 2 is 1.93 bits per heavy atom. The fourth-order valence-electron chi connectivity index (χ4n) is 0.957. The third kappa shape index (κ3) is 1.71. The van der Waals surface area contributed by atoms with Crippen LogP contribution >= 0.6 is 0 Å². The summed E-state index contributed by atoms with van der Waals surface area (Å²) in [6.07, 6.45) is 0. The van der Waals surface area contributed by atoms with Crippen molar-refractivity contribution in [3.8, 4) is 0 Å². The van der Waals surface area contributed by atoms with Crippen LogP contribution in [0.1, 0.15) is 20.7 Å². The van der Waals surface area contributed by atoms with Crippen LogP contribution in [-0.4, -0.2) is 19.0 Å². The standard InChI is InChI=1S/C9H7FO4/c1-14-9(13)6-4-2-3-5(7(6)10)8(11)12/h2-4H,1H3,(H,11,12)/p-1. The lowest BCUT2D eigenvalue weighted by Gasteiger charge is -2.06. The molecule has 0 saturated heterocycles. The molecule has 1 aromatic carbocycles. The van der Waals surface area contributed by atoms with Crippen molar-refractivity contribution in [2.45, 2.75) is 0 Å². The van der Waals surface area contributed by atoms with Gasteiger partial charge in [0.2, 0.25) is 0 Å². The van der Waals surface area contributed by atoms with Crippen LogP contribution in [0, 0.1) is 5.82 Å². The largest absolute Gasteiger partial charge is 0.545 e. The van der Waals surface area contributed by atoms with Crippen molar-refractivity contribution in [1.82, 2.24) is 0 Å². The van der Waals surface area contributed by atoms with Gasteiger partial charge in [0, 0.05) is 5.56 Å². The summed E-state index contributed by atoms with van der Waals surface area (Å²) in [5.41, 5.74) is -1.08. The fourth-order valence-corrected chi connectivity index (χ4v) is 0.957. The molecule has 74 valence electrons. The van der Waals surface area contributed by atoms with Crippen LogP contribution in [0.4, 0.5) is 4.39 Å². The number of esters is 1. The highest BCUT2D eigenvalue weighted by atomic mass is 19.1. The van der Waals surface area contributed by atoms with Gasteiger partial charge in [-0.05, 0) is 6.07 Å². The van der Waals surface area contributed by atoms with Crippen molar-refractivity contribution in [3.05, 3.63) is 35.1 Å². The van der Waals surface area contributed by atoms with Gasteiger partial charge in [0.25, 0.3) is 0 Å². The monoisotopic (exact) mass is 197 g/mol. The lowest BCUT2D eigenvalue weighted by atomic mass is 10.1.